The maximum Gasteiger partial charge on any atom is 0.123 e. The van der Waals surface area contributed by atoms with Crippen LogP contribution in [-0.4, -0.2) is 24.6 Å². The molecule has 0 N–H and O–H groups in total. The predicted molar refractivity (Wildman–Crippen MR) is 74.3 cm³/mol. The normalized spacial score (nSPS) is 19.7. The smallest absolute Gasteiger partial charge is 0.123 e. The molecule has 0 unspecified atom stereocenters. The van der Waals surface area contributed by atoms with Gasteiger partial charge in [-0.15, -0.1) is 12.3 Å². The van der Waals surface area contributed by atoms with Crippen LogP contribution in [0.1, 0.15) is 30.4 Å². The molecule has 1 saturated heterocycles. The van der Waals surface area contributed by atoms with E-state index < -0.39 is 0 Å². The summed E-state index contributed by atoms with van der Waals surface area (Å²) in [5, 5.41) is 0. The Balaban J connectivity index is 2.16. The van der Waals surface area contributed by atoms with E-state index in [0.717, 1.165) is 30.8 Å². The largest absolute Gasteiger partial charge is 0.496 e. The van der Waals surface area contributed by atoms with Crippen molar-refractivity contribution in [3.8, 4) is 18.1 Å². The van der Waals surface area contributed by atoms with Crippen molar-refractivity contribution in [3.05, 3.63) is 36.2 Å². The van der Waals surface area contributed by atoms with E-state index in [1.54, 1.807) is 7.11 Å². The number of hydrogen-bond donors (Lipinski definition) is 0. The highest BCUT2D eigenvalue weighted by molar-refractivity contribution is 5.41. The Bertz CT molecular complexity index is 447. The van der Waals surface area contributed by atoms with Gasteiger partial charge in [-0.3, -0.25) is 4.90 Å². The molecule has 0 aromatic heterocycles. The highest BCUT2D eigenvalue weighted by Crippen LogP contribution is 2.28. The molecule has 1 aliphatic heterocycles. The quantitative estimate of drug-likeness (QED) is 0.753. The molecule has 1 radical (unpaired) electrons. The van der Waals surface area contributed by atoms with Gasteiger partial charge in [-0.2, -0.15) is 0 Å². The van der Waals surface area contributed by atoms with Gasteiger partial charge < -0.3 is 4.74 Å². The van der Waals surface area contributed by atoms with Gasteiger partial charge in [0.15, 0.2) is 0 Å². The second-order valence-electron chi connectivity index (χ2n) is 4.77. The van der Waals surface area contributed by atoms with Gasteiger partial charge in [0.25, 0.3) is 0 Å². The highest BCUT2D eigenvalue weighted by atomic mass is 16.5. The van der Waals surface area contributed by atoms with Crippen molar-refractivity contribution in [3.63, 3.8) is 0 Å². The number of likely N-dealkylation sites (tertiary alicyclic amines) is 1. The molecule has 1 fully saturated rings. The first-order chi connectivity index (χ1) is 8.76. The SMILES string of the molecule is C#CC[C@@H]1CCCN1Cc1c([CH2])cccc1OC. The maximum absolute atomic E-state index is 5.44. The molecular formula is C16H20NO. The van der Waals surface area contributed by atoms with Crippen LogP contribution < -0.4 is 4.74 Å². The average molecular weight is 242 g/mol. The monoisotopic (exact) mass is 242 g/mol. The van der Waals surface area contributed by atoms with Crippen molar-refractivity contribution in [1.82, 2.24) is 4.90 Å². The topological polar surface area (TPSA) is 12.5 Å². The fraction of sp³-hybridized carbons (Fsp3) is 0.438. The predicted octanol–water partition coefficient (Wildman–Crippen LogP) is 2.87. The minimum absolute atomic E-state index is 0.513. The van der Waals surface area contributed by atoms with E-state index in [2.05, 4.69) is 17.7 Å². The van der Waals surface area contributed by atoms with Gasteiger partial charge in [0.2, 0.25) is 0 Å². The van der Waals surface area contributed by atoms with Gasteiger partial charge in [0, 0.05) is 24.6 Å². The third-order valence-corrected chi connectivity index (χ3v) is 3.66. The van der Waals surface area contributed by atoms with Crippen molar-refractivity contribution in [2.75, 3.05) is 13.7 Å². The van der Waals surface area contributed by atoms with Gasteiger partial charge in [0.1, 0.15) is 5.75 Å². The van der Waals surface area contributed by atoms with Crippen molar-refractivity contribution >= 4 is 0 Å². The van der Waals surface area contributed by atoms with Crippen LogP contribution in [0, 0.1) is 19.3 Å². The van der Waals surface area contributed by atoms with Crippen LogP contribution in [-0.2, 0) is 6.54 Å². The van der Waals surface area contributed by atoms with Crippen molar-refractivity contribution < 1.29 is 4.74 Å². The lowest BCUT2D eigenvalue weighted by molar-refractivity contribution is 0.244. The van der Waals surface area contributed by atoms with Crippen LogP contribution in [0.15, 0.2) is 18.2 Å². The Morgan fingerprint density at radius 1 is 1.56 bits per heavy atom. The Hall–Kier alpha value is -1.46. The van der Waals surface area contributed by atoms with E-state index in [1.165, 1.54) is 18.4 Å². The van der Waals surface area contributed by atoms with Crippen LogP contribution >= 0.6 is 0 Å². The Kier molecular flexibility index (Phi) is 4.28. The van der Waals surface area contributed by atoms with Crippen molar-refractivity contribution in [2.45, 2.75) is 31.8 Å². The lowest BCUT2D eigenvalue weighted by Crippen LogP contribution is -2.29. The molecule has 2 heteroatoms. The third-order valence-electron chi connectivity index (χ3n) is 3.66. The first-order valence-corrected chi connectivity index (χ1v) is 6.41. The van der Waals surface area contributed by atoms with Crippen LogP contribution in [0.5, 0.6) is 5.75 Å². The fourth-order valence-electron chi connectivity index (χ4n) is 2.66. The number of methoxy groups -OCH3 is 1. The van der Waals surface area contributed by atoms with Gasteiger partial charge in [-0.05, 0) is 37.9 Å². The number of nitrogens with zero attached hydrogens (tertiary/aromatic N) is 1. The zero-order valence-corrected chi connectivity index (χ0v) is 11.0. The highest BCUT2D eigenvalue weighted by Gasteiger charge is 2.24. The summed E-state index contributed by atoms with van der Waals surface area (Å²) in [7, 11) is 1.71. The summed E-state index contributed by atoms with van der Waals surface area (Å²) in [4.78, 5) is 2.45. The molecular weight excluding hydrogens is 222 g/mol. The Morgan fingerprint density at radius 3 is 3.11 bits per heavy atom. The number of ether oxygens (including phenoxy) is 1. The number of benzene rings is 1. The zero-order valence-electron chi connectivity index (χ0n) is 11.0. The van der Waals surface area contributed by atoms with Crippen LogP contribution in [0.2, 0.25) is 0 Å². The summed E-state index contributed by atoms with van der Waals surface area (Å²) >= 11 is 0. The molecule has 0 saturated carbocycles. The first kappa shape index (κ1) is 13.0. The summed E-state index contributed by atoms with van der Waals surface area (Å²) in [6.45, 7) is 6.09. The van der Waals surface area contributed by atoms with E-state index >= 15 is 0 Å². The fourth-order valence-corrected chi connectivity index (χ4v) is 2.66. The molecule has 2 nitrogen and oxygen atoms in total. The van der Waals surface area contributed by atoms with Gasteiger partial charge in [-0.1, -0.05) is 12.1 Å². The minimum Gasteiger partial charge on any atom is -0.496 e. The zero-order chi connectivity index (χ0) is 13.0. The molecule has 95 valence electrons. The summed E-state index contributed by atoms with van der Waals surface area (Å²) in [5.41, 5.74) is 2.23. The lowest BCUT2D eigenvalue weighted by atomic mass is 10.1. The summed E-state index contributed by atoms with van der Waals surface area (Å²) in [5.74, 6) is 3.70. The molecule has 0 amide bonds. The number of terminal acetylenes is 1. The van der Waals surface area contributed by atoms with E-state index in [9.17, 15) is 0 Å². The number of rotatable bonds is 4. The Morgan fingerprint density at radius 2 is 2.39 bits per heavy atom. The van der Waals surface area contributed by atoms with E-state index in [1.807, 2.05) is 18.2 Å². The standard InChI is InChI=1S/C16H20NO/c1-4-7-14-9-6-11-17(14)12-15-13(2)8-5-10-16(15)18-3/h1,5,8,10,14H,2,6-7,9,11-12H2,3H3/t14-/m1/s1. The molecule has 1 atom stereocenters. The second-order valence-corrected chi connectivity index (χ2v) is 4.77. The lowest BCUT2D eigenvalue weighted by Gasteiger charge is -2.24. The molecule has 0 bridgehead atoms. The summed E-state index contributed by atoms with van der Waals surface area (Å²) in [6.07, 6.45) is 8.70. The van der Waals surface area contributed by atoms with Crippen LogP contribution in [0.25, 0.3) is 0 Å². The van der Waals surface area contributed by atoms with Gasteiger partial charge in [0.05, 0.1) is 7.11 Å². The van der Waals surface area contributed by atoms with E-state index in [0.29, 0.717) is 6.04 Å². The van der Waals surface area contributed by atoms with Crippen LogP contribution in [0.3, 0.4) is 0 Å². The molecule has 2 rings (SSSR count). The van der Waals surface area contributed by atoms with Crippen LogP contribution in [0.4, 0.5) is 0 Å². The molecule has 0 spiro atoms. The van der Waals surface area contributed by atoms with Gasteiger partial charge in [-0.25, -0.2) is 0 Å². The third kappa shape index (κ3) is 2.68. The summed E-state index contributed by atoms with van der Waals surface area (Å²) in [6, 6.07) is 6.52. The van der Waals surface area contributed by atoms with Crippen molar-refractivity contribution in [2.24, 2.45) is 0 Å². The molecule has 18 heavy (non-hydrogen) atoms. The molecule has 0 aliphatic carbocycles. The van der Waals surface area contributed by atoms with E-state index in [4.69, 9.17) is 11.2 Å². The van der Waals surface area contributed by atoms with Crippen molar-refractivity contribution in [1.29, 1.82) is 0 Å². The first-order valence-electron chi connectivity index (χ1n) is 6.41. The minimum atomic E-state index is 0.513. The van der Waals surface area contributed by atoms with E-state index in [-0.39, 0.29) is 0 Å². The maximum atomic E-state index is 5.44. The summed E-state index contributed by atoms with van der Waals surface area (Å²) < 4.78 is 5.42. The van der Waals surface area contributed by atoms with Gasteiger partial charge >= 0.3 is 0 Å². The molecule has 1 heterocycles. The average Bonchev–Trinajstić information content (AvgIpc) is 2.80. The number of hydrogen-bond acceptors (Lipinski definition) is 2. The molecule has 1 aromatic rings. The molecule has 1 aliphatic rings. The second kappa shape index (κ2) is 5.93. The Labute approximate surface area is 110 Å². The molecule has 1 aromatic carbocycles.